The third-order valence-corrected chi connectivity index (χ3v) is 16.0. The lowest BCUT2D eigenvalue weighted by Crippen LogP contribution is -2.53. The Balaban J connectivity index is 1.52. The van der Waals surface area contributed by atoms with E-state index in [1.54, 1.807) is 50.2 Å². The van der Waals surface area contributed by atoms with Crippen molar-refractivity contribution in [2.75, 3.05) is 25.0 Å². The van der Waals surface area contributed by atoms with Crippen molar-refractivity contribution in [2.24, 2.45) is 10.9 Å². The predicted octanol–water partition coefficient (Wildman–Crippen LogP) is 12.3. The summed E-state index contributed by atoms with van der Waals surface area (Å²) in [7, 11) is -11.7. The van der Waals surface area contributed by atoms with Crippen molar-refractivity contribution in [1.29, 1.82) is 0 Å². The van der Waals surface area contributed by atoms with E-state index in [0.717, 1.165) is 39.7 Å². The van der Waals surface area contributed by atoms with Gasteiger partial charge < -0.3 is 19.4 Å². The lowest BCUT2D eigenvalue weighted by molar-refractivity contribution is -0.153. The Hall–Kier alpha value is -5.97. The Morgan fingerprint density at radius 2 is 1.31 bits per heavy atom. The number of amides is 1. The highest BCUT2D eigenvalue weighted by Crippen LogP contribution is 2.44. The zero-order chi connectivity index (χ0) is 51.5. The van der Waals surface area contributed by atoms with Crippen molar-refractivity contribution >= 4 is 60.0 Å². The second kappa shape index (κ2) is 21.6. The van der Waals surface area contributed by atoms with E-state index in [2.05, 4.69) is 72.8 Å². The van der Waals surface area contributed by atoms with Crippen molar-refractivity contribution in [3.05, 3.63) is 125 Å². The molecular formula is C54H64F2N4O8S2. The monoisotopic (exact) mass is 998 g/mol. The number of likely N-dealkylation sites (N-methyl/N-ethyl adjacent to an activating group) is 1. The van der Waals surface area contributed by atoms with E-state index in [0.29, 0.717) is 50.2 Å². The number of fused-ring (bicyclic) bond motifs is 2. The summed E-state index contributed by atoms with van der Waals surface area (Å²) in [4.78, 5) is 30.4. The van der Waals surface area contributed by atoms with Crippen LogP contribution in [0.5, 0.6) is 0 Å². The van der Waals surface area contributed by atoms with Crippen LogP contribution in [0.15, 0.2) is 111 Å². The highest BCUT2D eigenvalue weighted by atomic mass is 32.3. The number of rotatable bonds is 19. The number of nitrogens with zero attached hydrogens (tertiary/aromatic N) is 2. The normalized spacial score (nSPS) is 13.2. The molecule has 0 saturated carbocycles. The van der Waals surface area contributed by atoms with Crippen LogP contribution in [0.25, 0.3) is 33.4 Å². The highest BCUT2D eigenvalue weighted by Gasteiger charge is 2.56. The van der Waals surface area contributed by atoms with E-state index in [4.69, 9.17) is 14.1 Å². The second-order valence-electron chi connectivity index (χ2n) is 18.8. The van der Waals surface area contributed by atoms with E-state index >= 15 is 8.78 Å². The van der Waals surface area contributed by atoms with Gasteiger partial charge in [-0.2, -0.15) is 8.78 Å². The molecule has 1 aliphatic carbocycles. The van der Waals surface area contributed by atoms with Gasteiger partial charge in [-0.3, -0.25) is 9.59 Å². The number of halogens is 2. The largest absolute Gasteiger partial charge is 0.464 e. The molecule has 2 aliphatic rings. The van der Waals surface area contributed by atoms with Crippen molar-refractivity contribution < 1.29 is 44.4 Å². The summed E-state index contributed by atoms with van der Waals surface area (Å²) in [6.45, 7) is 20.1. The van der Waals surface area contributed by atoms with Crippen molar-refractivity contribution in [1.82, 2.24) is 9.03 Å². The summed E-state index contributed by atoms with van der Waals surface area (Å²) in [5, 5.41) is -0.656. The zero-order valence-electron chi connectivity index (χ0n) is 41.7. The number of para-hydroxylation sites is 2. The predicted molar refractivity (Wildman–Crippen MR) is 273 cm³/mol. The minimum absolute atomic E-state index is 0.0335. The number of alkyl halides is 2. The minimum atomic E-state index is -6.28. The molecule has 0 radical (unpaired) electrons. The Kier molecular flexibility index (Phi) is 16.5. The summed E-state index contributed by atoms with van der Waals surface area (Å²) in [6, 6.07) is 28.4. The third kappa shape index (κ3) is 11.1. The van der Waals surface area contributed by atoms with Gasteiger partial charge in [0.05, 0.1) is 28.4 Å². The maximum absolute atomic E-state index is 15.9. The maximum Gasteiger partial charge on any atom is 0.436 e. The van der Waals surface area contributed by atoms with Gasteiger partial charge in [-0.1, -0.05) is 128 Å². The minimum Gasteiger partial charge on any atom is -0.464 e. The fraction of sp³-hybridized carbons (Fsp3) is 0.389. The number of carbonyl (C=O) groups excluding carboxylic acids is 2. The maximum atomic E-state index is 15.9. The lowest BCUT2D eigenvalue weighted by atomic mass is 9.92. The number of anilines is 2. The number of sulfonamides is 2. The Labute approximate surface area is 411 Å². The van der Waals surface area contributed by atoms with Crippen LogP contribution in [0.1, 0.15) is 129 Å². The molecule has 16 heteroatoms. The number of carbonyl (C=O) groups is 2. The van der Waals surface area contributed by atoms with Gasteiger partial charge in [-0.05, 0) is 89.6 Å². The van der Waals surface area contributed by atoms with Crippen molar-refractivity contribution in [2.45, 2.75) is 116 Å². The molecule has 1 unspecified atom stereocenters. The zero-order valence-corrected chi connectivity index (χ0v) is 43.3. The molecule has 12 nitrogen and oxygen atoms in total. The first-order chi connectivity index (χ1) is 32.9. The SMILES string of the molecule is CCC(C)C(=O)OCCN(CC)C(=O)C(F)(F)S(=O)(=O)NS(=O)(=O)c1ccccc1-c1c2ccc(=Nc3c(C(C)C)cccc3C(C)C)cc-2oc2cc(Nc3c(C(C)C)cccc3C(C)C)ccc12. The fourth-order valence-corrected chi connectivity index (χ4v) is 11.4. The van der Waals surface area contributed by atoms with E-state index in [9.17, 15) is 26.4 Å². The van der Waals surface area contributed by atoms with E-state index in [1.807, 2.05) is 30.3 Å². The van der Waals surface area contributed by atoms with Crippen LogP contribution in [0.2, 0.25) is 0 Å². The van der Waals surface area contributed by atoms with E-state index in [-0.39, 0.29) is 29.2 Å². The number of nitrogens with one attached hydrogen (secondary N) is 2. The molecular weight excluding hydrogens is 935 g/mol. The Bertz CT molecular complexity index is 3110. The molecule has 0 fully saturated rings. The third-order valence-electron chi connectivity index (χ3n) is 12.5. The second-order valence-corrected chi connectivity index (χ2v) is 22.4. The average molecular weight is 999 g/mol. The molecule has 6 rings (SSSR count). The summed E-state index contributed by atoms with van der Waals surface area (Å²) in [5.74, 6) is -2.29. The van der Waals surface area contributed by atoms with Crippen LogP contribution in [-0.4, -0.2) is 58.6 Å². The molecule has 1 aliphatic heterocycles. The Morgan fingerprint density at radius 1 is 0.729 bits per heavy atom. The van der Waals surface area contributed by atoms with Gasteiger partial charge in [0, 0.05) is 52.1 Å². The molecule has 1 amide bonds. The standard InChI is InChI=1S/C54H64F2N4O8S2/c1-12-36(11)52(61)67-29-28-60(13-2)53(62)54(55,56)70(65,66)59-69(63,64)48-23-15-14-18-45(48)49-43-26-24-37(57-50-39(32(3)4)19-16-20-40(50)33(5)6)30-46(43)68-47-31-38(25-27-44(47)49)58-51-41(34(7)8)21-17-22-42(51)35(9)10/h14-27,30-36,57,59H,12-13,28-29H2,1-11H3. The number of ether oxygens (including phenoxy) is 1. The van der Waals surface area contributed by atoms with Gasteiger partial charge in [0.15, 0.2) is 0 Å². The first-order valence-corrected chi connectivity index (χ1v) is 26.7. The molecule has 2 N–H and O–H groups in total. The number of hydrogen-bond acceptors (Lipinski definition) is 10. The molecule has 374 valence electrons. The quantitative estimate of drug-likeness (QED) is 0.0593. The van der Waals surface area contributed by atoms with Crippen molar-refractivity contribution in [3.63, 3.8) is 0 Å². The van der Waals surface area contributed by atoms with Gasteiger partial charge >= 0.3 is 27.2 Å². The van der Waals surface area contributed by atoms with Crippen LogP contribution < -0.4 is 14.8 Å². The van der Waals surface area contributed by atoms with Gasteiger partial charge in [-0.25, -0.2) is 21.8 Å². The number of esters is 1. The number of hydrogen-bond donors (Lipinski definition) is 2. The van der Waals surface area contributed by atoms with Crippen LogP contribution in [0.3, 0.4) is 0 Å². The topological polar surface area (TPSA) is 164 Å². The van der Waals surface area contributed by atoms with E-state index in [1.165, 1.54) is 23.2 Å². The molecule has 70 heavy (non-hydrogen) atoms. The van der Waals surface area contributed by atoms with Crippen LogP contribution in [0, 0.1) is 5.92 Å². The molecule has 0 aromatic heterocycles. The van der Waals surface area contributed by atoms with E-state index < -0.39 is 67.7 Å². The van der Waals surface area contributed by atoms with Crippen molar-refractivity contribution in [3.8, 4) is 22.5 Å². The van der Waals surface area contributed by atoms with Gasteiger partial charge in [0.1, 0.15) is 18.0 Å². The first kappa shape index (κ1) is 53.4. The molecule has 0 saturated heterocycles. The molecule has 1 atom stereocenters. The Morgan fingerprint density at radius 3 is 1.89 bits per heavy atom. The van der Waals surface area contributed by atoms with Crippen LogP contribution >= 0.6 is 0 Å². The summed E-state index contributed by atoms with van der Waals surface area (Å²) in [6.07, 6.45) is 0.455. The fourth-order valence-electron chi connectivity index (χ4n) is 8.34. The smallest absolute Gasteiger partial charge is 0.436 e. The average Bonchev–Trinajstić information content (AvgIpc) is 3.30. The van der Waals surface area contributed by atoms with Gasteiger partial charge in [0.25, 0.3) is 10.0 Å². The number of benzene rings is 5. The summed E-state index contributed by atoms with van der Waals surface area (Å²) in [5.41, 5.74) is 7.77. The van der Waals surface area contributed by atoms with Crippen LogP contribution in [-0.2, 0) is 34.4 Å². The molecule has 4 aromatic rings. The van der Waals surface area contributed by atoms with Gasteiger partial charge in [0.2, 0.25) is 0 Å². The molecule has 0 bridgehead atoms. The summed E-state index contributed by atoms with van der Waals surface area (Å²) < 4.78 is 101. The van der Waals surface area contributed by atoms with Gasteiger partial charge in [-0.15, -0.1) is 0 Å². The summed E-state index contributed by atoms with van der Waals surface area (Å²) >= 11 is 0. The first-order valence-electron chi connectivity index (χ1n) is 23.7. The molecule has 1 heterocycles. The molecule has 4 aromatic carbocycles. The highest BCUT2D eigenvalue weighted by molar-refractivity contribution is 8.05. The van der Waals surface area contributed by atoms with Crippen LogP contribution in [0.4, 0.5) is 25.8 Å². The molecule has 0 spiro atoms. The lowest BCUT2D eigenvalue weighted by Gasteiger charge is -2.26.